The first-order chi connectivity index (χ1) is 26.1. The van der Waals surface area contributed by atoms with E-state index in [4.69, 9.17) is 0 Å². The van der Waals surface area contributed by atoms with Gasteiger partial charge in [-0.05, 0) is 38.5 Å². The molecule has 0 aromatic rings. The average Bonchev–Trinajstić information content (AvgIpc) is 3.16. The van der Waals surface area contributed by atoms with Gasteiger partial charge in [-0.15, -0.1) is 0 Å². The fourth-order valence-corrected chi connectivity index (χ4v) is 7.63. The number of rotatable bonds is 44. The van der Waals surface area contributed by atoms with E-state index >= 15 is 0 Å². The molecule has 3 unspecified atom stereocenters. The van der Waals surface area contributed by atoms with Crippen LogP contribution >= 0.6 is 0 Å². The molecule has 1 amide bonds. The lowest BCUT2D eigenvalue weighted by atomic mass is 9.99. The lowest BCUT2D eigenvalue weighted by molar-refractivity contribution is -0.124. The van der Waals surface area contributed by atoms with Gasteiger partial charge < -0.3 is 20.6 Å². The minimum Gasteiger partial charge on any atom is -0.394 e. The molecule has 0 aliphatic heterocycles. The van der Waals surface area contributed by atoms with Gasteiger partial charge >= 0.3 is 0 Å². The van der Waals surface area contributed by atoms with Crippen LogP contribution in [0.4, 0.5) is 0 Å². The van der Waals surface area contributed by atoms with Crippen molar-refractivity contribution in [3.63, 3.8) is 0 Å². The molecule has 5 nitrogen and oxygen atoms in total. The van der Waals surface area contributed by atoms with E-state index in [2.05, 4.69) is 31.3 Å². The van der Waals surface area contributed by atoms with Gasteiger partial charge in [-0.1, -0.05) is 231 Å². The number of nitrogens with one attached hydrogen (secondary N) is 1. The number of aliphatic hydroxyl groups is 3. The number of hydrogen-bond acceptors (Lipinski definition) is 4. The molecular weight excluding hydrogens is 655 g/mol. The van der Waals surface area contributed by atoms with E-state index in [1.54, 1.807) is 0 Å². The van der Waals surface area contributed by atoms with Crippen molar-refractivity contribution in [3.05, 3.63) is 12.2 Å². The predicted octanol–water partition coefficient (Wildman–Crippen LogP) is 14.0. The summed E-state index contributed by atoms with van der Waals surface area (Å²) in [4.78, 5) is 12.5. The molecule has 316 valence electrons. The zero-order valence-electron chi connectivity index (χ0n) is 35.9. The van der Waals surface area contributed by atoms with E-state index in [-0.39, 0.29) is 12.5 Å². The number of carbonyl (C=O) groups excluding carboxylic acids is 1. The van der Waals surface area contributed by atoms with Crippen molar-refractivity contribution in [2.75, 3.05) is 6.61 Å². The minimum absolute atomic E-state index is 0.145. The van der Waals surface area contributed by atoms with Crippen molar-refractivity contribution in [1.82, 2.24) is 5.32 Å². The predicted molar refractivity (Wildman–Crippen MR) is 232 cm³/mol. The van der Waals surface area contributed by atoms with Crippen LogP contribution in [0.2, 0.25) is 0 Å². The molecule has 0 radical (unpaired) electrons. The van der Waals surface area contributed by atoms with E-state index < -0.39 is 18.2 Å². The Morgan fingerprint density at radius 2 is 0.755 bits per heavy atom. The highest BCUT2D eigenvalue weighted by Crippen LogP contribution is 2.17. The molecule has 0 heterocycles. The smallest absolute Gasteiger partial charge is 0.220 e. The number of carbonyl (C=O) groups is 1. The van der Waals surface area contributed by atoms with Gasteiger partial charge in [-0.3, -0.25) is 4.79 Å². The second kappa shape index (κ2) is 43.8. The Labute approximate surface area is 331 Å². The van der Waals surface area contributed by atoms with Crippen LogP contribution in [0.25, 0.3) is 0 Å². The van der Waals surface area contributed by atoms with Crippen LogP contribution < -0.4 is 5.32 Å². The van der Waals surface area contributed by atoms with Crippen LogP contribution in [0, 0.1) is 0 Å². The fourth-order valence-electron chi connectivity index (χ4n) is 7.63. The molecule has 0 aliphatic carbocycles. The van der Waals surface area contributed by atoms with E-state index in [9.17, 15) is 20.1 Å². The number of hydrogen-bond donors (Lipinski definition) is 4. The largest absolute Gasteiger partial charge is 0.394 e. The van der Waals surface area contributed by atoms with Crippen LogP contribution in [0.15, 0.2) is 12.2 Å². The molecule has 0 saturated heterocycles. The van der Waals surface area contributed by atoms with E-state index in [0.29, 0.717) is 12.8 Å². The first kappa shape index (κ1) is 52.1. The Kier molecular flexibility index (Phi) is 43.1. The molecule has 5 heteroatoms. The van der Waals surface area contributed by atoms with Gasteiger partial charge in [-0.25, -0.2) is 0 Å². The van der Waals surface area contributed by atoms with Gasteiger partial charge in [0, 0.05) is 6.42 Å². The lowest BCUT2D eigenvalue weighted by Crippen LogP contribution is -2.50. The van der Waals surface area contributed by atoms with Crippen molar-refractivity contribution >= 4 is 5.91 Å². The standard InChI is InChI=1S/C48H95NO4/c1-3-5-7-9-11-13-15-17-19-21-22-23-24-25-26-27-29-31-33-35-37-39-41-43-47(52)49-45(44-50)48(53)46(51)42-40-38-36-34-32-30-28-20-18-16-14-12-10-8-6-4-2/h25-26,45-46,48,50-51,53H,3-24,27-44H2,1-2H3,(H,49,52)/b26-25-. The first-order valence-corrected chi connectivity index (χ1v) is 24.0. The van der Waals surface area contributed by atoms with E-state index in [1.165, 1.54) is 199 Å². The van der Waals surface area contributed by atoms with Gasteiger partial charge in [0.15, 0.2) is 0 Å². The molecule has 0 aliphatic rings. The average molecular weight is 750 g/mol. The minimum atomic E-state index is -1.13. The summed E-state index contributed by atoms with van der Waals surface area (Å²) in [7, 11) is 0. The van der Waals surface area contributed by atoms with Crippen molar-refractivity contribution < 1.29 is 20.1 Å². The maximum atomic E-state index is 12.5. The summed E-state index contributed by atoms with van der Waals surface area (Å²) in [5.41, 5.74) is 0. The lowest BCUT2D eigenvalue weighted by Gasteiger charge is -2.26. The molecule has 0 aromatic carbocycles. The molecule has 4 N–H and O–H groups in total. The Bertz CT molecular complexity index is 743. The van der Waals surface area contributed by atoms with Gasteiger partial charge in [0.05, 0.1) is 18.8 Å². The quantitative estimate of drug-likeness (QED) is 0.0369. The van der Waals surface area contributed by atoms with Gasteiger partial charge in [-0.2, -0.15) is 0 Å². The van der Waals surface area contributed by atoms with Crippen molar-refractivity contribution in [2.24, 2.45) is 0 Å². The summed E-state index contributed by atoms with van der Waals surface area (Å²) in [6.07, 6.45) is 51.9. The summed E-state index contributed by atoms with van der Waals surface area (Å²) in [6.45, 7) is 4.20. The van der Waals surface area contributed by atoms with Crippen molar-refractivity contribution in [3.8, 4) is 0 Å². The highest BCUT2D eigenvalue weighted by Gasteiger charge is 2.26. The topological polar surface area (TPSA) is 89.8 Å². The van der Waals surface area contributed by atoms with Gasteiger partial charge in [0.2, 0.25) is 5.91 Å². The van der Waals surface area contributed by atoms with E-state index in [1.807, 2.05) is 0 Å². The molecule has 3 atom stereocenters. The van der Waals surface area contributed by atoms with Crippen LogP contribution in [0.3, 0.4) is 0 Å². The highest BCUT2D eigenvalue weighted by molar-refractivity contribution is 5.76. The number of allylic oxidation sites excluding steroid dienone is 2. The molecule has 53 heavy (non-hydrogen) atoms. The molecule has 0 fully saturated rings. The highest BCUT2D eigenvalue weighted by atomic mass is 16.3. The monoisotopic (exact) mass is 750 g/mol. The third-order valence-electron chi connectivity index (χ3n) is 11.4. The van der Waals surface area contributed by atoms with Gasteiger partial charge in [0.1, 0.15) is 6.10 Å². The Balaban J connectivity index is 3.58. The summed E-state index contributed by atoms with van der Waals surface area (Å²) in [5, 5.41) is 33.6. The normalized spacial score (nSPS) is 13.5. The van der Waals surface area contributed by atoms with Crippen molar-refractivity contribution in [2.45, 2.75) is 283 Å². The number of aliphatic hydroxyl groups excluding tert-OH is 3. The van der Waals surface area contributed by atoms with Crippen LogP contribution in [0.1, 0.15) is 264 Å². The first-order valence-electron chi connectivity index (χ1n) is 24.0. The maximum Gasteiger partial charge on any atom is 0.220 e. The Morgan fingerprint density at radius 1 is 0.453 bits per heavy atom. The van der Waals surface area contributed by atoms with E-state index in [0.717, 1.165) is 38.5 Å². The van der Waals surface area contributed by atoms with Crippen LogP contribution in [-0.4, -0.2) is 46.1 Å². The number of unbranched alkanes of at least 4 members (excludes halogenated alkanes) is 34. The second-order valence-corrected chi connectivity index (χ2v) is 16.7. The summed E-state index contributed by atoms with van der Waals surface area (Å²) in [6, 6.07) is -0.808. The molecule has 0 spiro atoms. The third-order valence-corrected chi connectivity index (χ3v) is 11.4. The third kappa shape index (κ3) is 39.1. The van der Waals surface area contributed by atoms with Gasteiger partial charge in [0.25, 0.3) is 0 Å². The molecule has 0 bridgehead atoms. The molecule has 0 rings (SSSR count). The molecule has 0 aromatic heterocycles. The van der Waals surface area contributed by atoms with Crippen LogP contribution in [-0.2, 0) is 4.79 Å². The number of amides is 1. The Hall–Kier alpha value is -0.910. The zero-order valence-corrected chi connectivity index (χ0v) is 35.9. The maximum absolute atomic E-state index is 12.5. The molecule has 0 saturated carbocycles. The summed E-state index contributed by atoms with van der Waals surface area (Å²) in [5.74, 6) is -0.145. The second-order valence-electron chi connectivity index (χ2n) is 16.7. The molecular formula is C48H95NO4. The zero-order chi connectivity index (χ0) is 38.7. The Morgan fingerprint density at radius 3 is 1.09 bits per heavy atom. The van der Waals surface area contributed by atoms with Crippen LogP contribution in [0.5, 0.6) is 0 Å². The fraction of sp³-hybridized carbons (Fsp3) is 0.938. The summed E-state index contributed by atoms with van der Waals surface area (Å²) >= 11 is 0. The SMILES string of the molecule is CCCCCCCCCCCCCC/C=C\CCCCCCCCCC(=O)NC(CO)C(O)C(O)CCCCCCCCCCCCCCCCCC. The summed E-state index contributed by atoms with van der Waals surface area (Å²) < 4.78 is 0. The van der Waals surface area contributed by atoms with Crippen molar-refractivity contribution in [1.29, 1.82) is 0 Å².